The Morgan fingerprint density at radius 3 is 2.27 bits per heavy atom. The quantitative estimate of drug-likeness (QED) is 0.401. The van der Waals surface area contributed by atoms with Gasteiger partial charge < -0.3 is 18.9 Å². The highest BCUT2D eigenvalue weighted by Gasteiger charge is 2.54. The van der Waals surface area contributed by atoms with Crippen molar-refractivity contribution in [1.82, 2.24) is 0 Å². The van der Waals surface area contributed by atoms with Gasteiger partial charge in [0.2, 0.25) is 0 Å². The van der Waals surface area contributed by atoms with Crippen LogP contribution in [0.3, 0.4) is 0 Å². The van der Waals surface area contributed by atoms with Crippen LogP contribution in [0.1, 0.15) is 11.9 Å². The van der Waals surface area contributed by atoms with Crippen LogP contribution in [0, 0.1) is 0 Å². The molecule has 0 radical (unpaired) electrons. The maximum Gasteiger partial charge on any atom is 0.264 e. The Labute approximate surface area is 175 Å². The van der Waals surface area contributed by atoms with Crippen LogP contribution in [-0.4, -0.2) is 73.3 Å². The van der Waals surface area contributed by atoms with E-state index in [9.17, 15) is 16.8 Å². The van der Waals surface area contributed by atoms with Gasteiger partial charge in [0.25, 0.3) is 20.2 Å². The van der Waals surface area contributed by atoms with Crippen LogP contribution in [0.5, 0.6) is 0 Å². The summed E-state index contributed by atoms with van der Waals surface area (Å²) in [5, 5.41) is 0. The minimum absolute atomic E-state index is 0.00558. The Morgan fingerprint density at radius 1 is 1.03 bits per heavy atom. The predicted molar refractivity (Wildman–Crippen MR) is 104 cm³/mol. The summed E-state index contributed by atoms with van der Waals surface area (Å²) in [5.74, 6) is 0. The monoisotopic (exact) mass is 464 g/mol. The minimum atomic E-state index is -4.02. The van der Waals surface area contributed by atoms with E-state index in [1.807, 2.05) is 6.07 Å². The van der Waals surface area contributed by atoms with Crippen molar-refractivity contribution in [2.45, 2.75) is 37.0 Å². The Bertz CT molecular complexity index is 931. The Morgan fingerprint density at radius 2 is 1.67 bits per heavy atom. The first-order valence-corrected chi connectivity index (χ1v) is 12.7. The van der Waals surface area contributed by atoms with Gasteiger partial charge in [0.05, 0.1) is 25.7 Å². The molecule has 10 nitrogen and oxygen atoms in total. The second-order valence-electron chi connectivity index (χ2n) is 6.87. The third kappa shape index (κ3) is 6.08. The van der Waals surface area contributed by atoms with Gasteiger partial charge in [-0.05, 0) is 0 Å². The molecule has 2 heterocycles. The number of benzene rings is 1. The Hall–Kier alpha value is -1.38. The molecule has 0 bridgehead atoms. The zero-order chi connectivity index (χ0) is 21.9. The number of hydrogen-bond acceptors (Lipinski definition) is 10. The molecule has 0 spiro atoms. The zero-order valence-electron chi connectivity index (χ0n) is 16.4. The van der Waals surface area contributed by atoms with Crippen molar-refractivity contribution in [2.24, 2.45) is 0 Å². The average Bonchev–Trinajstić information content (AvgIpc) is 2.67. The van der Waals surface area contributed by atoms with Crippen molar-refractivity contribution in [3.63, 3.8) is 0 Å². The van der Waals surface area contributed by atoms with Crippen molar-refractivity contribution >= 4 is 20.2 Å². The average molecular weight is 465 g/mol. The molecule has 168 valence electrons. The fraction of sp³-hybridized carbons (Fsp3) is 0.556. The van der Waals surface area contributed by atoms with Crippen molar-refractivity contribution in [1.29, 1.82) is 0 Å². The molecule has 0 amide bonds. The second-order valence-corrected chi connectivity index (χ2v) is 10.1. The van der Waals surface area contributed by atoms with Gasteiger partial charge >= 0.3 is 0 Å². The van der Waals surface area contributed by atoms with E-state index in [-0.39, 0.29) is 13.2 Å². The number of rotatable bonds is 8. The molecule has 0 unspecified atom stereocenters. The summed E-state index contributed by atoms with van der Waals surface area (Å²) < 4.78 is 80.9. The molecule has 2 aliphatic heterocycles. The Kier molecular flexibility index (Phi) is 7.30. The number of ether oxygens (including phenoxy) is 4. The largest absolute Gasteiger partial charge is 0.346 e. The Balaban J connectivity index is 1.94. The molecule has 6 atom stereocenters. The summed E-state index contributed by atoms with van der Waals surface area (Å²) in [6, 6.07) is 8.98. The van der Waals surface area contributed by atoms with E-state index in [0.29, 0.717) is 5.56 Å². The highest BCUT2D eigenvalue weighted by atomic mass is 32.2. The SMILES string of the molecule is C=CCO[C@@H]1O[C@@H]2CO[C@H](c3ccccc3)O[C@@H]2[C@H](OS(C)(=O)=O)[C@H]1OS(C)(=O)=O. The van der Waals surface area contributed by atoms with Gasteiger partial charge in [-0.25, -0.2) is 0 Å². The van der Waals surface area contributed by atoms with Crippen molar-refractivity contribution in [3.05, 3.63) is 48.6 Å². The number of fused-ring (bicyclic) bond motifs is 1. The molecular weight excluding hydrogens is 440 g/mol. The van der Waals surface area contributed by atoms with E-state index >= 15 is 0 Å². The first-order chi connectivity index (χ1) is 14.1. The first kappa shape index (κ1) is 23.3. The highest BCUT2D eigenvalue weighted by Crippen LogP contribution is 2.37. The van der Waals surface area contributed by atoms with E-state index in [4.69, 9.17) is 27.3 Å². The van der Waals surface area contributed by atoms with E-state index in [1.165, 1.54) is 6.08 Å². The van der Waals surface area contributed by atoms with E-state index in [2.05, 4.69) is 6.58 Å². The van der Waals surface area contributed by atoms with Gasteiger partial charge in [0.15, 0.2) is 18.7 Å². The summed E-state index contributed by atoms with van der Waals surface area (Å²) in [6.07, 6.45) is -3.57. The summed E-state index contributed by atoms with van der Waals surface area (Å²) in [6.45, 7) is 3.57. The van der Waals surface area contributed by atoms with E-state index < -0.39 is 57.2 Å². The van der Waals surface area contributed by atoms with Gasteiger partial charge in [0, 0.05) is 5.56 Å². The van der Waals surface area contributed by atoms with Crippen molar-refractivity contribution in [3.8, 4) is 0 Å². The maximum absolute atomic E-state index is 11.9. The normalized spacial score (nSPS) is 32.3. The summed E-state index contributed by atoms with van der Waals surface area (Å²) in [7, 11) is -8.04. The first-order valence-electron chi connectivity index (χ1n) is 9.04. The topological polar surface area (TPSA) is 124 Å². The van der Waals surface area contributed by atoms with Crippen LogP contribution in [0.25, 0.3) is 0 Å². The molecule has 0 N–H and O–H groups in total. The molecule has 30 heavy (non-hydrogen) atoms. The highest BCUT2D eigenvalue weighted by molar-refractivity contribution is 7.86. The molecule has 2 aliphatic rings. The molecule has 1 aromatic carbocycles. The fourth-order valence-corrected chi connectivity index (χ4v) is 4.47. The maximum atomic E-state index is 11.9. The van der Waals surface area contributed by atoms with Gasteiger partial charge in [-0.3, -0.25) is 8.37 Å². The molecule has 0 saturated carbocycles. The predicted octanol–water partition coefficient (Wildman–Crippen LogP) is 0.718. The third-order valence-electron chi connectivity index (χ3n) is 4.31. The zero-order valence-corrected chi connectivity index (χ0v) is 18.1. The van der Waals surface area contributed by atoms with Gasteiger partial charge in [0.1, 0.15) is 18.3 Å². The van der Waals surface area contributed by atoms with Gasteiger partial charge in [-0.15, -0.1) is 6.58 Å². The van der Waals surface area contributed by atoms with E-state index in [0.717, 1.165) is 12.5 Å². The standard InChI is InChI=1S/C18H24O10S2/c1-4-10-23-18-16(28-30(3,21)22)15(27-29(2,19)20)14-13(25-18)11-24-17(26-14)12-8-6-5-7-9-12/h4-9,13-18H,1,10-11H2,2-3H3/t13-,14+,15+,16-,17+,18-/m1/s1. The molecule has 2 fully saturated rings. The molecule has 12 heteroatoms. The van der Waals surface area contributed by atoms with E-state index in [1.54, 1.807) is 24.3 Å². The van der Waals surface area contributed by atoms with Crippen molar-refractivity contribution < 1.29 is 44.1 Å². The lowest BCUT2D eigenvalue weighted by molar-refractivity contribution is -0.353. The third-order valence-corrected chi connectivity index (χ3v) is 5.45. The van der Waals surface area contributed by atoms with Gasteiger partial charge in [-0.1, -0.05) is 36.4 Å². The van der Waals surface area contributed by atoms with Crippen LogP contribution in [0.2, 0.25) is 0 Å². The smallest absolute Gasteiger partial charge is 0.264 e. The lowest BCUT2D eigenvalue weighted by Gasteiger charge is -2.47. The van der Waals surface area contributed by atoms with Crippen LogP contribution >= 0.6 is 0 Å². The van der Waals surface area contributed by atoms with Crippen molar-refractivity contribution in [2.75, 3.05) is 25.7 Å². The molecule has 0 aliphatic carbocycles. The molecule has 1 aromatic rings. The number of hydrogen-bond donors (Lipinski definition) is 0. The summed E-state index contributed by atoms with van der Waals surface area (Å²) in [4.78, 5) is 0. The van der Waals surface area contributed by atoms with Crippen LogP contribution in [-0.2, 0) is 47.5 Å². The molecule has 0 aromatic heterocycles. The molecule has 2 saturated heterocycles. The molecular formula is C18H24O10S2. The second kappa shape index (κ2) is 9.40. The van der Waals surface area contributed by atoms with Crippen LogP contribution in [0.4, 0.5) is 0 Å². The van der Waals surface area contributed by atoms with Crippen LogP contribution < -0.4 is 0 Å². The lowest BCUT2D eigenvalue weighted by atomic mass is 9.98. The minimum Gasteiger partial charge on any atom is -0.346 e. The summed E-state index contributed by atoms with van der Waals surface area (Å²) >= 11 is 0. The summed E-state index contributed by atoms with van der Waals surface area (Å²) in [5.41, 5.74) is 0.694. The van der Waals surface area contributed by atoms with Crippen LogP contribution in [0.15, 0.2) is 43.0 Å². The fourth-order valence-electron chi connectivity index (χ4n) is 3.24. The lowest BCUT2D eigenvalue weighted by Crippen LogP contribution is -2.64. The van der Waals surface area contributed by atoms with Gasteiger partial charge in [-0.2, -0.15) is 16.8 Å². The molecule has 3 rings (SSSR count).